The molecule has 0 aliphatic heterocycles. The molecule has 0 atom stereocenters. The van der Waals surface area contributed by atoms with Gasteiger partial charge in [0.25, 0.3) is 0 Å². The second kappa shape index (κ2) is 5.20. The molecule has 0 saturated carbocycles. The van der Waals surface area contributed by atoms with Gasteiger partial charge >= 0.3 is 0 Å². The number of benzene rings is 1. The van der Waals surface area contributed by atoms with Gasteiger partial charge in [0.1, 0.15) is 0 Å². The molecule has 0 bridgehead atoms. The van der Waals surface area contributed by atoms with Crippen LogP contribution in [0.5, 0.6) is 0 Å². The third-order valence-corrected chi connectivity index (χ3v) is 2.41. The standard InChI is InChI=1S/C13H13N.Ir/c1-10-6-3-4-8-12(10)13-11(2)7-5-9-14-13;/h3-9H,1-2H3;. The molecule has 2 heteroatoms. The van der Waals surface area contributed by atoms with Crippen molar-refractivity contribution in [1.29, 1.82) is 0 Å². The van der Waals surface area contributed by atoms with Crippen LogP contribution in [0.1, 0.15) is 11.1 Å². The zero-order valence-electron chi connectivity index (χ0n) is 8.82. The van der Waals surface area contributed by atoms with Gasteiger partial charge in [0, 0.05) is 31.9 Å². The fourth-order valence-electron chi connectivity index (χ4n) is 1.61. The molecule has 1 nitrogen and oxygen atoms in total. The minimum atomic E-state index is 0. The normalized spacial score (nSPS) is 9.47. The first-order chi connectivity index (χ1) is 6.79. The Morgan fingerprint density at radius 1 is 0.867 bits per heavy atom. The second-order valence-electron chi connectivity index (χ2n) is 3.48. The van der Waals surface area contributed by atoms with Crippen molar-refractivity contribution >= 4 is 0 Å². The topological polar surface area (TPSA) is 12.9 Å². The summed E-state index contributed by atoms with van der Waals surface area (Å²) in [5.41, 5.74) is 4.81. The predicted molar refractivity (Wildman–Crippen MR) is 59.1 cm³/mol. The largest absolute Gasteiger partial charge is 0.256 e. The Hall–Kier alpha value is -0.981. The van der Waals surface area contributed by atoms with Crippen LogP contribution in [0.2, 0.25) is 0 Å². The maximum atomic E-state index is 4.41. The molecular formula is C13H13IrN. The van der Waals surface area contributed by atoms with E-state index in [1.54, 1.807) is 0 Å². The van der Waals surface area contributed by atoms with Crippen LogP contribution in [-0.4, -0.2) is 4.98 Å². The first-order valence-corrected chi connectivity index (χ1v) is 4.76. The van der Waals surface area contributed by atoms with Gasteiger partial charge in [-0.3, -0.25) is 4.98 Å². The van der Waals surface area contributed by atoms with Crippen LogP contribution in [0.3, 0.4) is 0 Å². The molecule has 1 aromatic heterocycles. The molecule has 1 heterocycles. The summed E-state index contributed by atoms with van der Waals surface area (Å²) < 4.78 is 0. The molecule has 0 amide bonds. The number of hydrogen-bond acceptors (Lipinski definition) is 1. The molecule has 15 heavy (non-hydrogen) atoms. The Kier molecular flexibility index (Phi) is 4.19. The molecule has 79 valence electrons. The maximum absolute atomic E-state index is 4.41. The van der Waals surface area contributed by atoms with E-state index in [0.29, 0.717) is 0 Å². The molecular weight excluding hydrogens is 362 g/mol. The van der Waals surface area contributed by atoms with E-state index in [0.717, 1.165) is 5.69 Å². The van der Waals surface area contributed by atoms with Crippen LogP contribution >= 0.6 is 0 Å². The van der Waals surface area contributed by atoms with Crippen molar-refractivity contribution in [3.8, 4) is 11.3 Å². The Morgan fingerprint density at radius 2 is 1.53 bits per heavy atom. The molecule has 0 aliphatic carbocycles. The van der Waals surface area contributed by atoms with E-state index in [2.05, 4.69) is 49.2 Å². The fraction of sp³-hybridized carbons (Fsp3) is 0.154. The zero-order valence-corrected chi connectivity index (χ0v) is 11.2. The van der Waals surface area contributed by atoms with Crippen molar-refractivity contribution < 1.29 is 20.1 Å². The zero-order chi connectivity index (χ0) is 9.97. The number of nitrogens with zero attached hydrogens (tertiary/aromatic N) is 1. The number of aromatic nitrogens is 1. The fourth-order valence-corrected chi connectivity index (χ4v) is 1.61. The van der Waals surface area contributed by atoms with Gasteiger partial charge in [-0.25, -0.2) is 0 Å². The van der Waals surface area contributed by atoms with E-state index in [4.69, 9.17) is 0 Å². The second-order valence-corrected chi connectivity index (χ2v) is 3.48. The monoisotopic (exact) mass is 376 g/mol. The van der Waals surface area contributed by atoms with E-state index >= 15 is 0 Å². The molecule has 0 N–H and O–H groups in total. The molecule has 0 unspecified atom stereocenters. The summed E-state index contributed by atoms with van der Waals surface area (Å²) >= 11 is 0. The van der Waals surface area contributed by atoms with Crippen molar-refractivity contribution in [1.82, 2.24) is 4.98 Å². The van der Waals surface area contributed by atoms with Gasteiger partial charge in [-0.1, -0.05) is 30.3 Å². The smallest absolute Gasteiger partial charge is 0.0733 e. The summed E-state index contributed by atoms with van der Waals surface area (Å²) in [6.45, 7) is 4.21. The van der Waals surface area contributed by atoms with Crippen LogP contribution in [0, 0.1) is 13.8 Å². The van der Waals surface area contributed by atoms with Crippen molar-refractivity contribution in [2.75, 3.05) is 0 Å². The predicted octanol–water partition coefficient (Wildman–Crippen LogP) is 3.36. The van der Waals surface area contributed by atoms with E-state index in [9.17, 15) is 0 Å². The van der Waals surface area contributed by atoms with Crippen LogP contribution in [0.4, 0.5) is 0 Å². The maximum Gasteiger partial charge on any atom is 0.0733 e. The third kappa shape index (κ3) is 2.53. The minimum absolute atomic E-state index is 0. The Bertz CT molecular complexity index is 408. The molecule has 1 radical (unpaired) electrons. The van der Waals surface area contributed by atoms with Crippen LogP contribution in [-0.2, 0) is 20.1 Å². The Balaban J connectivity index is 0.00000112. The van der Waals surface area contributed by atoms with Crippen molar-refractivity contribution in [2.24, 2.45) is 0 Å². The Labute approximate surface area is 104 Å². The summed E-state index contributed by atoms with van der Waals surface area (Å²) in [4.78, 5) is 4.41. The summed E-state index contributed by atoms with van der Waals surface area (Å²) in [5, 5.41) is 0. The summed E-state index contributed by atoms with van der Waals surface area (Å²) in [5.74, 6) is 0. The number of pyridine rings is 1. The summed E-state index contributed by atoms with van der Waals surface area (Å²) in [6, 6.07) is 12.4. The molecule has 0 aliphatic rings. The van der Waals surface area contributed by atoms with Gasteiger partial charge in [0.2, 0.25) is 0 Å². The minimum Gasteiger partial charge on any atom is -0.256 e. The molecule has 1 aromatic carbocycles. The third-order valence-electron chi connectivity index (χ3n) is 2.41. The van der Waals surface area contributed by atoms with Gasteiger partial charge in [-0.15, -0.1) is 0 Å². The van der Waals surface area contributed by atoms with Gasteiger partial charge in [0.15, 0.2) is 0 Å². The van der Waals surface area contributed by atoms with Gasteiger partial charge < -0.3 is 0 Å². The Morgan fingerprint density at radius 3 is 2.20 bits per heavy atom. The van der Waals surface area contributed by atoms with Crippen molar-refractivity contribution in [2.45, 2.75) is 13.8 Å². The number of rotatable bonds is 1. The molecule has 0 fully saturated rings. The number of hydrogen-bond donors (Lipinski definition) is 0. The molecule has 0 saturated heterocycles. The first kappa shape index (κ1) is 12.1. The average molecular weight is 375 g/mol. The first-order valence-electron chi connectivity index (χ1n) is 4.76. The SMILES string of the molecule is Cc1ccccc1-c1ncccc1C.[Ir]. The molecule has 2 rings (SSSR count). The van der Waals surface area contributed by atoms with Gasteiger partial charge in [-0.05, 0) is 31.0 Å². The van der Waals surface area contributed by atoms with Gasteiger partial charge in [-0.2, -0.15) is 0 Å². The average Bonchev–Trinajstić information content (AvgIpc) is 2.20. The van der Waals surface area contributed by atoms with Crippen molar-refractivity contribution in [3.63, 3.8) is 0 Å². The van der Waals surface area contributed by atoms with Gasteiger partial charge in [0.05, 0.1) is 5.69 Å². The number of aryl methyl sites for hydroxylation is 2. The van der Waals surface area contributed by atoms with Crippen LogP contribution in [0.15, 0.2) is 42.6 Å². The van der Waals surface area contributed by atoms with Crippen LogP contribution in [0.25, 0.3) is 11.3 Å². The summed E-state index contributed by atoms with van der Waals surface area (Å²) in [6.07, 6.45) is 1.84. The van der Waals surface area contributed by atoms with E-state index < -0.39 is 0 Å². The molecule has 2 aromatic rings. The van der Waals surface area contributed by atoms with Crippen molar-refractivity contribution in [3.05, 3.63) is 53.7 Å². The van der Waals surface area contributed by atoms with E-state index in [1.807, 2.05) is 12.3 Å². The quantitative estimate of drug-likeness (QED) is 0.745. The van der Waals surface area contributed by atoms with E-state index in [1.165, 1.54) is 16.7 Å². The molecule has 0 spiro atoms. The summed E-state index contributed by atoms with van der Waals surface area (Å²) in [7, 11) is 0. The van der Waals surface area contributed by atoms with Crippen LogP contribution < -0.4 is 0 Å². The van der Waals surface area contributed by atoms with E-state index in [-0.39, 0.29) is 20.1 Å².